The Balaban J connectivity index is 1.72. The molecule has 1 saturated carbocycles. The number of benzene rings is 2. The minimum atomic E-state index is -0.613. The minimum absolute atomic E-state index is 0.182. The molecule has 1 fully saturated rings. The number of halogens is 1. The Kier molecular flexibility index (Phi) is 5.39. The summed E-state index contributed by atoms with van der Waals surface area (Å²) in [5.74, 6) is 0.178. The molecule has 5 N–H and O–H groups in total. The van der Waals surface area contributed by atoms with Crippen LogP contribution in [0, 0.1) is 6.92 Å². The number of carbonyl (C=O) groups is 1. The zero-order valence-electron chi connectivity index (χ0n) is 16.9. The molecule has 0 bridgehead atoms. The van der Waals surface area contributed by atoms with Crippen LogP contribution >= 0.6 is 11.6 Å². The number of aliphatic imine (C=N–C) groups is 2. The number of nitrogens with one attached hydrogen (secondary N) is 1. The van der Waals surface area contributed by atoms with Crippen molar-refractivity contribution in [3.8, 4) is 0 Å². The van der Waals surface area contributed by atoms with Gasteiger partial charge in [-0.2, -0.15) is 4.99 Å². The smallest absolute Gasteiger partial charge is 0.257 e. The minimum Gasteiger partial charge on any atom is -0.369 e. The second kappa shape index (κ2) is 7.99. The maximum absolute atomic E-state index is 13.2. The van der Waals surface area contributed by atoms with E-state index in [1.807, 2.05) is 42.2 Å². The van der Waals surface area contributed by atoms with Gasteiger partial charge in [-0.15, -0.1) is 0 Å². The summed E-state index contributed by atoms with van der Waals surface area (Å²) >= 11 is 6.21. The largest absolute Gasteiger partial charge is 0.369 e. The number of anilines is 2. The summed E-state index contributed by atoms with van der Waals surface area (Å²) in [6, 6.07) is 12.8. The van der Waals surface area contributed by atoms with Crippen LogP contribution < -0.4 is 21.7 Å². The zero-order valence-corrected chi connectivity index (χ0v) is 17.6. The standard InChI is InChI=1S/C22H25ClN6O/c1-14-9-10-15(13-17(14)23)26-19(30)16-7-3-4-8-18(16)29-21(25)27-20(24)28-22(29)11-5-2-6-12-22/h3-4,7-10,13H,2,5-6,11-12H2,1H3,(H,26,30)(H4,24,25,27,28). The molecule has 4 rings (SSSR count). The third-order valence-electron chi connectivity index (χ3n) is 5.67. The lowest BCUT2D eigenvalue weighted by molar-refractivity contribution is 0.102. The topological polar surface area (TPSA) is 109 Å². The molecule has 2 aromatic rings. The number of guanidine groups is 2. The maximum Gasteiger partial charge on any atom is 0.257 e. The van der Waals surface area contributed by atoms with Crippen molar-refractivity contribution in [1.82, 2.24) is 0 Å². The molecular weight excluding hydrogens is 400 g/mol. The maximum atomic E-state index is 13.2. The number of para-hydroxylation sites is 1. The lowest BCUT2D eigenvalue weighted by Crippen LogP contribution is -2.58. The first-order valence-electron chi connectivity index (χ1n) is 10.1. The van der Waals surface area contributed by atoms with E-state index in [0.29, 0.717) is 22.0 Å². The summed E-state index contributed by atoms with van der Waals surface area (Å²) in [4.78, 5) is 24.0. The Morgan fingerprint density at radius 1 is 1.13 bits per heavy atom. The van der Waals surface area contributed by atoms with E-state index in [4.69, 9.17) is 28.1 Å². The van der Waals surface area contributed by atoms with Crippen LogP contribution in [0.5, 0.6) is 0 Å². The highest BCUT2D eigenvalue weighted by Gasteiger charge is 2.43. The van der Waals surface area contributed by atoms with E-state index in [2.05, 4.69) is 10.3 Å². The summed E-state index contributed by atoms with van der Waals surface area (Å²) in [5.41, 5.74) is 14.4. The Bertz CT molecular complexity index is 1040. The number of nitrogens with zero attached hydrogens (tertiary/aromatic N) is 3. The molecular formula is C22H25ClN6O. The van der Waals surface area contributed by atoms with Crippen LogP contribution in [0.25, 0.3) is 0 Å². The second-order valence-electron chi connectivity index (χ2n) is 7.75. The molecule has 0 saturated heterocycles. The number of aryl methyl sites for hydroxylation is 1. The molecule has 1 amide bonds. The van der Waals surface area contributed by atoms with Gasteiger partial charge in [-0.1, -0.05) is 36.2 Å². The Morgan fingerprint density at radius 3 is 2.60 bits per heavy atom. The van der Waals surface area contributed by atoms with Gasteiger partial charge in [0.05, 0.1) is 11.3 Å². The molecule has 1 heterocycles. The molecule has 0 atom stereocenters. The summed E-state index contributed by atoms with van der Waals surface area (Å²) in [6.07, 6.45) is 4.76. The molecule has 2 aliphatic rings. The fourth-order valence-electron chi connectivity index (χ4n) is 4.20. The van der Waals surface area contributed by atoms with Crippen LogP contribution in [0.4, 0.5) is 11.4 Å². The number of amides is 1. The van der Waals surface area contributed by atoms with Crippen molar-refractivity contribution in [2.75, 3.05) is 10.2 Å². The first-order valence-corrected chi connectivity index (χ1v) is 10.4. The molecule has 7 nitrogen and oxygen atoms in total. The fraction of sp³-hybridized carbons (Fsp3) is 0.318. The Labute approximate surface area is 180 Å². The Hall–Kier alpha value is -3.06. The molecule has 0 radical (unpaired) electrons. The summed E-state index contributed by atoms with van der Waals surface area (Å²) in [5, 5.41) is 3.53. The summed E-state index contributed by atoms with van der Waals surface area (Å²) < 4.78 is 0. The van der Waals surface area contributed by atoms with Crippen molar-refractivity contribution in [2.24, 2.45) is 21.5 Å². The van der Waals surface area contributed by atoms with Gasteiger partial charge in [-0.05, 0) is 62.4 Å². The van der Waals surface area contributed by atoms with E-state index in [1.165, 1.54) is 0 Å². The quantitative estimate of drug-likeness (QED) is 0.691. The lowest BCUT2D eigenvalue weighted by Gasteiger charge is -2.46. The van der Waals surface area contributed by atoms with Gasteiger partial charge in [-0.25, -0.2) is 4.99 Å². The number of carbonyl (C=O) groups excluding carboxylic acids is 1. The van der Waals surface area contributed by atoms with Crippen LogP contribution in [-0.2, 0) is 0 Å². The highest BCUT2D eigenvalue weighted by atomic mass is 35.5. The van der Waals surface area contributed by atoms with Crippen molar-refractivity contribution < 1.29 is 4.79 Å². The zero-order chi connectivity index (χ0) is 21.3. The van der Waals surface area contributed by atoms with Crippen molar-refractivity contribution in [2.45, 2.75) is 44.7 Å². The average molecular weight is 425 g/mol. The van der Waals surface area contributed by atoms with Gasteiger partial charge in [0, 0.05) is 10.7 Å². The predicted octanol–water partition coefficient (Wildman–Crippen LogP) is 4.01. The van der Waals surface area contributed by atoms with E-state index in [-0.39, 0.29) is 17.8 Å². The molecule has 30 heavy (non-hydrogen) atoms. The van der Waals surface area contributed by atoms with Crippen molar-refractivity contribution in [1.29, 1.82) is 0 Å². The molecule has 1 aliphatic heterocycles. The Morgan fingerprint density at radius 2 is 1.87 bits per heavy atom. The first-order chi connectivity index (χ1) is 14.4. The monoisotopic (exact) mass is 424 g/mol. The molecule has 8 heteroatoms. The molecule has 0 aromatic heterocycles. The van der Waals surface area contributed by atoms with E-state index in [0.717, 1.165) is 37.7 Å². The van der Waals surface area contributed by atoms with Crippen LogP contribution in [0.3, 0.4) is 0 Å². The number of rotatable bonds is 3. The molecule has 0 unspecified atom stereocenters. The first kappa shape index (κ1) is 20.2. The van der Waals surface area contributed by atoms with Gasteiger partial charge < -0.3 is 16.8 Å². The van der Waals surface area contributed by atoms with Gasteiger partial charge in [0.1, 0.15) is 5.66 Å². The van der Waals surface area contributed by atoms with Crippen LogP contribution in [0.1, 0.15) is 48.0 Å². The van der Waals surface area contributed by atoms with Crippen molar-refractivity contribution in [3.63, 3.8) is 0 Å². The average Bonchev–Trinajstić information content (AvgIpc) is 2.71. The molecule has 2 aromatic carbocycles. The number of hydrogen-bond acceptors (Lipinski definition) is 6. The number of hydrogen-bond donors (Lipinski definition) is 3. The molecule has 1 spiro atoms. The van der Waals surface area contributed by atoms with E-state index in [9.17, 15) is 4.79 Å². The van der Waals surface area contributed by atoms with Crippen LogP contribution in [-0.4, -0.2) is 23.5 Å². The third-order valence-corrected chi connectivity index (χ3v) is 6.08. The van der Waals surface area contributed by atoms with Gasteiger partial charge in [-0.3, -0.25) is 9.69 Å². The van der Waals surface area contributed by atoms with Crippen molar-refractivity contribution in [3.05, 3.63) is 58.6 Å². The molecule has 1 aliphatic carbocycles. The van der Waals surface area contributed by atoms with Gasteiger partial charge in [0.2, 0.25) is 11.9 Å². The van der Waals surface area contributed by atoms with Crippen LogP contribution in [0.2, 0.25) is 5.02 Å². The van der Waals surface area contributed by atoms with Gasteiger partial charge in [0.25, 0.3) is 5.91 Å². The predicted molar refractivity (Wildman–Crippen MR) is 122 cm³/mol. The highest BCUT2D eigenvalue weighted by Crippen LogP contribution is 2.40. The van der Waals surface area contributed by atoms with Crippen LogP contribution in [0.15, 0.2) is 52.4 Å². The van der Waals surface area contributed by atoms with E-state index in [1.54, 1.807) is 12.1 Å². The normalized spacial score (nSPS) is 18.0. The summed E-state index contributed by atoms with van der Waals surface area (Å²) in [7, 11) is 0. The third kappa shape index (κ3) is 3.73. The summed E-state index contributed by atoms with van der Waals surface area (Å²) in [6.45, 7) is 1.91. The second-order valence-corrected chi connectivity index (χ2v) is 8.16. The highest BCUT2D eigenvalue weighted by molar-refractivity contribution is 6.31. The fourth-order valence-corrected chi connectivity index (χ4v) is 4.38. The molecule has 156 valence electrons. The van der Waals surface area contributed by atoms with Crippen molar-refractivity contribution >= 4 is 40.8 Å². The number of nitrogens with two attached hydrogens (primary N) is 2. The van der Waals surface area contributed by atoms with E-state index < -0.39 is 5.66 Å². The van der Waals surface area contributed by atoms with Gasteiger partial charge in [0.15, 0.2) is 0 Å². The van der Waals surface area contributed by atoms with E-state index >= 15 is 0 Å². The van der Waals surface area contributed by atoms with Gasteiger partial charge >= 0.3 is 0 Å². The SMILES string of the molecule is Cc1ccc(NC(=O)c2ccccc2N2C(N)=NC(N)=NC23CCCCC3)cc1Cl. The lowest BCUT2D eigenvalue weighted by atomic mass is 9.87.